The number of aromatic nitrogens is 1. The minimum Gasteiger partial charge on any atom is -0.333 e. The van der Waals surface area contributed by atoms with Gasteiger partial charge < -0.3 is 10.2 Å². The third-order valence-electron chi connectivity index (χ3n) is 3.54. The number of nitrogens with one attached hydrogen (secondary N) is 1. The van der Waals surface area contributed by atoms with Crippen molar-refractivity contribution in [2.45, 2.75) is 19.9 Å². The first kappa shape index (κ1) is 17.7. The van der Waals surface area contributed by atoms with Crippen LogP contribution in [0.3, 0.4) is 0 Å². The van der Waals surface area contributed by atoms with Gasteiger partial charge in [0.2, 0.25) is 0 Å². The lowest BCUT2D eigenvalue weighted by atomic mass is 10.2. The summed E-state index contributed by atoms with van der Waals surface area (Å²) >= 11 is 8.92. The van der Waals surface area contributed by atoms with Crippen molar-refractivity contribution in [1.82, 2.24) is 15.2 Å². The number of thiophene rings is 1. The molecule has 2 aromatic heterocycles. The number of nitrogens with zero attached hydrogens (tertiary/aromatic N) is 2. The van der Waals surface area contributed by atoms with E-state index in [0.29, 0.717) is 0 Å². The Labute approximate surface area is 148 Å². The van der Waals surface area contributed by atoms with Crippen LogP contribution in [0.15, 0.2) is 12.1 Å². The number of piperazine rings is 1. The fraction of sp³-hybridized carbons (Fsp3) is 0.429. The molecule has 120 valence electrons. The van der Waals surface area contributed by atoms with Crippen molar-refractivity contribution < 1.29 is 4.79 Å². The number of aryl methyl sites for hydroxylation is 1. The summed E-state index contributed by atoms with van der Waals surface area (Å²) < 4.78 is 0.737. The maximum atomic E-state index is 12.7. The Hall–Kier alpha value is -0.660. The van der Waals surface area contributed by atoms with E-state index < -0.39 is 0 Å². The maximum Gasteiger partial charge on any atom is 0.266 e. The van der Waals surface area contributed by atoms with E-state index in [1.54, 1.807) is 0 Å². The maximum absolute atomic E-state index is 12.7. The summed E-state index contributed by atoms with van der Waals surface area (Å²) in [5.74, 6) is 0.0907. The predicted molar refractivity (Wildman–Crippen MR) is 95.8 cm³/mol. The standard InChI is InChI=1S/C14H16ClN3OS2.ClH/c1-8-7-16-5-6-18(8)14(19)12-9(2)17-13(21-12)10-3-4-11(15)20-10;/h3-4,8,16H,5-7H2,1-2H3;1H/t8-;/m1./s1. The third-order valence-corrected chi connectivity index (χ3v) is 6.08. The minimum atomic E-state index is 0. The number of hydrogen-bond donors (Lipinski definition) is 1. The molecule has 0 saturated carbocycles. The molecule has 22 heavy (non-hydrogen) atoms. The molecule has 2 aromatic rings. The van der Waals surface area contributed by atoms with E-state index in [9.17, 15) is 4.79 Å². The van der Waals surface area contributed by atoms with Crippen molar-refractivity contribution in [3.05, 3.63) is 27.0 Å². The lowest BCUT2D eigenvalue weighted by molar-refractivity contribution is 0.0660. The van der Waals surface area contributed by atoms with Gasteiger partial charge in [0.1, 0.15) is 9.88 Å². The minimum absolute atomic E-state index is 0. The van der Waals surface area contributed by atoms with Crippen LogP contribution in [0, 0.1) is 6.92 Å². The van der Waals surface area contributed by atoms with Crippen molar-refractivity contribution >= 4 is 52.6 Å². The lowest BCUT2D eigenvalue weighted by Crippen LogP contribution is -2.52. The Bertz CT molecular complexity index is 671. The van der Waals surface area contributed by atoms with Gasteiger partial charge in [0.25, 0.3) is 5.91 Å². The molecule has 4 nitrogen and oxygen atoms in total. The molecule has 1 aliphatic rings. The number of carbonyl (C=O) groups is 1. The van der Waals surface area contributed by atoms with Crippen LogP contribution in [0.5, 0.6) is 0 Å². The summed E-state index contributed by atoms with van der Waals surface area (Å²) in [5.41, 5.74) is 0.801. The molecule has 8 heteroatoms. The van der Waals surface area contributed by atoms with Crippen molar-refractivity contribution in [1.29, 1.82) is 0 Å². The Morgan fingerprint density at radius 3 is 2.86 bits per heavy atom. The first-order valence-corrected chi connectivity index (χ1v) is 8.82. The topological polar surface area (TPSA) is 45.2 Å². The van der Waals surface area contributed by atoms with E-state index in [1.165, 1.54) is 22.7 Å². The average molecular weight is 378 g/mol. The molecule has 0 aromatic carbocycles. The number of halogens is 2. The smallest absolute Gasteiger partial charge is 0.266 e. The highest BCUT2D eigenvalue weighted by Crippen LogP contribution is 2.35. The van der Waals surface area contributed by atoms with E-state index in [4.69, 9.17) is 11.6 Å². The summed E-state index contributed by atoms with van der Waals surface area (Å²) in [4.78, 5) is 21.0. The van der Waals surface area contributed by atoms with Gasteiger partial charge in [-0.2, -0.15) is 0 Å². The Kier molecular flexibility index (Phi) is 5.85. The first-order chi connectivity index (χ1) is 10.1. The first-order valence-electron chi connectivity index (χ1n) is 6.81. The molecule has 0 aliphatic carbocycles. The number of carbonyl (C=O) groups excluding carboxylic acids is 1. The van der Waals surface area contributed by atoms with Crippen LogP contribution in [0.4, 0.5) is 0 Å². The molecule has 1 saturated heterocycles. The normalized spacial score (nSPS) is 18.1. The van der Waals surface area contributed by atoms with Crippen molar-refractivity contribution in [2.24, 2.45) is 0 Å². The molecule has 0 bridgehead atoms. The number of thiazole rings is 1. The molecular formula is C14H17Cl2N3OS2. The number of rotatable bonds is 2. The molecule has 3 heterocycles. The summed E-state index contributed by atoms with van der Waals surface area (Å²) in [6, 6.07) is 4.03. The van der Waals surface area contributed by atoms with Crippen LogP contribution < -0.4 is 5.32 Å². The van der Waals surface area contributed by atoms with Gasteiger partial charge in [-0.3, -0.25) is 4.79 Å². The average Bonchev–Trinajstić information content (AvgIpc) is 3.05. The zero-order chi connectivity index (χ0) is 15.0. The van der Waals surface area contributed by atoms with Gasteiger partial charge in [-0.1, -0.05) is 11.6 Å². The molecule has 1 N–H and O–H groups in total. The van der Waals surface area contributed by atoms with Crippen molar-refractivity contribution in [3.63, 3.8) is 0 Å². The molecule has 1 atom stereocenters. The molecule has 3 rings (SSSR count). The van der Waals surface area contributed by atoms with E-state index in [1.807, 2.05) is 24.0 Å². The fourth-order valence-electron chi connectivity index (χ4n) is 2.40. The van der Waals surface area contributed by atoms with Gasteiger partial charge in [-0.15, -0.1) is 35.1 Å². The van der Waals surface area contributed by atoms with Crippen LogP contribution in [0.25, 0.3) is 9.88 Å². The second kappa shape index (κ2) is 7.27. The second-order valence-electron chi connectivity index (χ2n) is 5.09. The number of amides is 1. The highest BCUT2D eigenvalue weighted by Gasteiger charge is 2.27. The molecule has 1 fully saturated rings. The second-order valence-corrected chi connectivity index (χ2v) is 7.80. The van der Waals surface area contributed by atoms with E-state index in [2.05, 4.69) is 17.2 Å². The SMILES string of the molecule is Cc1nc(-c2ccc(Cl)s2)sc1C(=O)N1CCNC[C@H]1C.Cl. The highest BCUT2D eigenvalue weighted by atomic mass is 35.5. The zero-order valence-electron chi connectivity index (χ0n) is 12.3. The summed E-state index contributed by atoms with van der Waals surface area (Å²) in [6.45, 7) is 6.41. The van der Waals surface area contributed by atoms with Crippen LogP contribution in [-0.2, 0) is 0 Å². The molecular weight excluding hydrogens is 361 g/mol. The van der Waals surface area contributed by atoms with Gasteiger partial charge in [0.05, 0.1) is 14.9 Å². The lowest BCUT2D eigenvalue weighted by Gasteiger charge is -2.33. The van der Waals surface area contributed by atoms with Crippen LogP contribution in [-0.4, -0.2) is 41.5 Å². The summed E-state index contributed by atoms with van der Waals surface area (Å²) in [6.07, 6.45) is 0. The van der Waals surface area contributed by atoms with Gasteiger partial charge in [-0.25, -0.2) is 4.98 Å². The van der Waals surface area contributed by atoms with Gasteiger partial charge in [-0.05, 0) is 26.0 Å². The molecule has 0 spiro atoms. The predicted octanol–water partition coefficient (Wildman–Crippen LogP) is 3.69. The molecule has 0 unspecified atom stereocenters. The fourth-order valence-corrected chi connectivity index (χ4v) is 4.52. The van der Waals surface area contributed by atoms with Crippen LogP contribution in [0.1, 0.15) is 22.3 Å². The molecule has 0 radical (unpaired) electrons. The van der Waals surface area contributed by atoms with Gasteiger partial charge >= 0.3 is 0 Å². The quantitative estimate of drug-likeness (QED) is 0.867. The summed E-state index contributed by atoms with van der Waals surface area (Å²) in [7, 11) is 0. The molecule has 1 aliphatic heterocycles. The van der Waals surface area contributed by atoms with Gasteiger partial charge in [0, 0.05) is 25.7 Å². The van der Waals surface area contributed by atoms with Gasteiger partial charge in [0.15, 0.2) is 0 Å². The Morgan fingerprint density at radius 2 is 2.23 bits per heavy atom. The Balaban J connectivity index is 0.00000176. The summed E-state index contributed by atoms with van der Waals surface area (Å²) in [5, 5.41) is 4.17. The van der Waals surface area contributed by atoms with Crippen LogP contribution >= 0.6 is 46.7 Å². The van der Waals surface area contributed by atoms with E-state index >= 15 is 0 Å². The van der Waals surface area contributed by atoms with E-state index in [0.717, 1.165) is 44.4 Å². The third kappa shape index (κ3) is 3.46. The zero-order valence-corrected chi connectivity index (χ0v) is 15.5. The van der Waals surface area contributed by atoms with Crippen LogP contribution in [0.2, 0.25) is 4.34 Å². The molecule has 1 amide bonds. The Morgan fingerprint density at radius 1 is 1.45 bits per heavy atom. The largest absolute Gasteiger partial charge is 0.333 e. The van der Waals surface area contributed by atoms with Crippen molar-refractivity contribution in [2.75, 3.05) is 19.6 Å². The van der Waals surface area contributed by atoms with E-state index in [-0.39, 0.29) is 24.4 Å². The highest BCUT2D eigenvalue weighted by molar-refractivity contribution is 7.24. The van der Waals surface area contributed by atoms with Crippen molar-refractivity contribution in [3.8, 4) is 9.88 Å². The number of hydrogen-bond acceptors (Lipinski definition) is 5. The monoisotopic (exact) mass is 377 g/mol.